The number of nitrogens with one attached hydrogen (secondary N) is 1. The molecule has 0 bridgehead atoms. The molecule has 0 fully saturated rings. The molecule has 2 aromatic rings. The number of hydrogen-bond donors (Lipinski definition) is 1. The Kier molecular flexibility index (Phi) is 4.20. The molecule has 0 aliphatic carbocycles. The van der Waals surface area contributed by atoms with Crippen molar-refractivity contribution >= 4 is 17.6 Å². The maximum Gasteiger partial charge on any atom is 0.315 e. The van der Waals surface area contributed by atoms with Gasteiger partial charge in [-0.15, -0.1) is 16.7 Å². The fourth-order valence-corrected chi connectivity index (χ4v) is 1.69. The lowest BCUT2D eigenvalue weighted by Crippen LogP contribution is -2.09. The van der Waals surface area contributed by atoms with Crippen molar-refractivity contribution in [3.8, 4) is 0 Å². The number of nitrogens with zero attached hydrogens (tertiary/aromatic N) is 2. The number of rotatable bonds is 5. The van der Waals surface area contributed by atoms with Gasteiger partial charge in [-0.05, 0) is 18.4 Å². The third kappa shape index (κ3) is 3.23. The van der Waals surface area contributed by atoms with Gasteiger partial charge in [-0.1, -0.05) is 42.4 Å². The summed E-state index contributed by atoms with van der Waals surface area (Å²) in [6, 6.07) is 10.7. The van der Waals surface area contributed by atoms with Crippen molar-refractivity contribution in [2.45, 2.75) is 25.1 Å². The first-order valence-corrected chi connectivity index (χ1v) is 6.36. The lowest BCUT2D eigenvalue weighted by atomic mass is 10.0. The van der Waals surface area contributed by atoms with E-state index in [2.05, 4.69) is 34.6 Å². The average molecular weight is 266 g/mol. The molecule has 0 saturated heterocycles. The van der Waals surface area contributed by atoms with Gasteiger partial charge in [-0.3, -0.25) is 0 Å². The molecule has 0 aliphatic heterocycles. The number of hydrogen-bond acceptors (Lipinski definition) is 4. The summed E-state index contributed by atoms with van der Waals surface area (Å²) >= 11 is 5.85. The van der Waals surface area contributed by atoms with E-state index >= 15 is 0 Å². The van der Waals surface area contributed by atoms with Gasteiger partial charge in [0.25, 0.3) is 0 Å². The van der Waals surface area contributed by atoms with Gasteiger partial charge < -0.3 is 9.73 Å². The number of halogens is 1. The van der Waals surface area contributed by atoms with Gasteiger partial charge in [0, 0.05) is 6.54 Å². The van der Waals surface area contributed by atoms with E-state index in [1.54, 1.807) is 6.92 Å². The second-order valence-electron chi connectivity index (χ2n) is 4.25. The molecular formula is C13H16ClN3O. The Morgan fingerprint density at radius 2 is 1.94 bits per heavy atom. The molecule has 0 saturated carbocycles. The topological polar surface area (TPSA) is 51.0 Å². The molecule has 0 aliphatic rings. The summed E-state index contributed by atoms with van der Waals surface area (Å²) < 4.78 is 5.37. The number of aromatic nitrogens is 2. The largest absolute Gasteiger partial charge is 0.407 e. The lowest BCUT2D eigenvalue weighted by molar-refractivity contribution is 0.504. The number of benzene rings is 1. The fourth-order valence-electron chi connectivity index (χ4n) is 1.61. The van der Waals surface area contributed by atoms with E-state index in [1.165, 1.54) is 5.56 Å². The van der Waals surface area contributed by atoms with E-state index in [0.29, 0.717) is 17.8 Å². The predicted octanol–water partition coefficient (Wildman–Crippen LogP) is 3.59. The highest BCUT2D eigenvalue weighted by Crippen LogP contribution is 2.20. The van der Waals surface area contributed by atoms with Crippen molar-refractivity contribution in [2.75, 3.05) is 11.9 Å². The molecule has 0 amide bonds. The quantitative estimate of drug-likeness (QED) is 0.840. The summed E-state index contributed by atoms with van der Waals surface area (Å²) in [4.78, 5) is 0. The summed E-state index contributed by atoms with van der Waals surface area (Å²) in [5.41, 5.74) is 1.27. The summed E-state index contributed by atoms with van der Waals surface area (Å²) in [6.45, 7) is 4.68. The van der Waals surface area contributed by atoms with E-state index in [0.717, 1.165) is 6.54 Å². The van der Waals surface area contributed by atoms with Gasteiger partial charge in [0.1, 0.15) is 5.38 Å². The first-order chi connectivity index (χ1) is 8.66. The predicted molar refractivity (Wildman–Crippen MR) is 71.9 cm³/mol. The monoisotopic (exact) mass is 265 g/mol. The minimum atomic E-state index is -0.264. The van der Waals surface area contributed by atoms with Gasteiger partial charge in [0.2, 0.25) is 5.89 Å². The van der Waals surface area contributed by atoms with Crippen molar-refractivity contribution in [2.24, 2.45) is 0 Å². The van der Waals surface area contributed by atoms with Gasteiger partial charge in [-0.25, -0.2) is 0 Å². The van der Waals surface area contributed by atoms with Crippen molar-refractivity contribution in [3.63, 3.8) is 0 Å². The Morgan fingerprint density at radius 1 is 1.22 bits per heavy atom. The molecule has 2 rings (SSSR count). The zero-order chi connectivity index (χ0) is 13.0. The summed E-state index contributed by atoms with van der Waals surface area (Å²) in [5, 5.41) is 10.6. The third-order valence-corrected chi connectivity index (χ3v) is 2.90. The molecule has 5 heteroatoms. The highest BCUT2D eigenvalue weighted by molar-refractivity contribution is 6.20. The Bertz CT molecular complexity index is 484. The van der Waals surface area contributed by atoms with E-state index in [-0.39, 0.29) is 5.38 Å². The van der Waals surface area contributed by atoms with Crippen LogP contribution in [0.25, 0.3) is 0 Å². The molecule has 1 aromatic heterocycles. The SMILES string of the molecule is CC(Cl)c1nnc(NCC(C)c2ccccc2)o1. The van der Waals surface area contributed by atoms with Crippen LogP contribution in [-0.4, -0.2) is 16.7 Å². The molecule has 0 spiro atoms. The van der Waals surface area contributed by atoms with Crippen LogP contribution in [0.2, 0.25) is 0 Å². The first kappa shape index (κ1) is 12.9. The second kappa shape index (κ2) is 5.87. The molecule has 0 radical (unpaired) electrons. The Hall–Kier alpha value is -1.55. The standard InChI is InChI=1S/C13H16ClN3O/c1-9(11-6-4-3-5-7-11)8-15-13-17-16-12(18-13)10(2)14/h3-7,9-10H,8H2,1-2H3,(H,15,17). The molecule has 1 aromatic carbocycles. The van der Waals surface area contributed by atoms with Gasteiger partial charge in [-0.2, -0.15) is 0 Å². The maximum absolute atomic E-state index is 5.85. The van der Waals surface area contributed by atoms with E-state index in [4.69, 9.17) is 16.0 Å². The minimum Gasteiger partial charge on any atom is -0.407 e. The van der Waals surface area contributed by atoms with Gasteiger partial charge >= 0.3 is 6.01 Å². The highest BCUT2D eigenvalue weighted by atomic mass is 35.5. The van der Waals surface area contributed by atoms with Crippen LogP contribution in [-0.2, 0) is 0 Å². The van der Waals surface area contributed by atoms with Gasteiger partial charge in [0.15, 0.2) is 0 Å². The molecule has 1 heterocycles. The highest BCUT2D eigenvalue weighted by Gasteiger charge is 2.12. The molecule has 2 atom stereocenters. The molecule has 1 N–H and O–H groups in total. The molecular weight excluding hydrogens is 250 g/mol. The van der Waals surface area contributed by atoms with Crippen LogP contribution < -0.4 is 5.32 Å². The average Bonchev–Trinajstić information content (AvgIpc) is 2.86. The molecule has 2 unspecified atom stereocenters. The normalized spacial score (nSPS) is 14.2. The van der Waals surface area contributed by atoms with Crippen molar-refractivity contribution < 1.29 is 4.42 Å². The number of anilines is 1. The maximum atomic E-state index is 5.85. The van der Waals surface area contributed by atoms with Crippen molar-refractivity contribution in [3.05, 3.63) is 41.8 Å². The van der Waals surface area contributed by atoms with E-state index in [9.17, 15) is 0 Å². The zero-order valence-corrected chi connectivity index (χ0v) is 11.2. The zero-order valence-electron chi connectivity index (χ0n) is 10.4. The molecule has 4 nitrogen and oxygen atoms in total. The second-order valence-corrected chi connectivity index (χ2v) is 4.91. The van der Waals surface area contributed by atoms with Crippen LogP contribution in [0.15, 0.2) is 34.7 Å². The van der Waals surface area contributed by atoms with E-state index in [1.807, 2.05) is 18.2 Å². The Labute approximate surface area is 111 Å². The van der Waals surface area contributed by atoms with Crippen LogP contribution in [0.3, 0.4) is 0 Å². The van der Waals surface area contributed by atoms with Gasteiger partial charge in [0.05, 0.1) is 0 Å². The van der Waals surface area contributed by atoms with Crippen LogP contribution in [0.5, 0.6) is 0 Å². The smallest absolute Gasteiger partial charge is 0.315 e. The van der Waals surface area contributed by atoms with Crippen LogP contribution in [0.1, 0.15) is 36.6 Å². The summed E-state index contributed by atoms with van der Waals surface area (Å²) in [6.07, 6.45) is 0. The Morgan fingerprint density at radius 3 is 2.56 bits per heavy atom. The summed E-state index contributed by atoms with van der Waals surface area (Å²) in [5.74, 6) is 0.807. The minimum absolute atomic E-state index is 0.264. The third-order valence-electron chi connectivity index (χ3n) is 2.71. The fraction of sp³-hybridized carbons (Fsp3) is 0.385. The Balaban J connectivity index is 1.91. The van der Waals surface area contributed by atoms with Crippen LogP contribution in [0, 0.1) is 0 Å². The lowest BCUT2D eigenvalue weighted by Gasteiger charge is -2.11. The van der Waals surface area contributed by atoms with Crippen molar-refractivity contribution in [1.82, 2.24) is 10.2 Å². The first-order valence-electron chi connectivity index (χ1n) is 5.93. The number of alkyl halides is 1. The summed E-state index contributed by atoms with van der Waals surface area (Å²) in [7, 11) is 0. The van der Waals surface area contributed by atoms with Crippen molar-refractivity contribution in [1.29, 1.82) is 0 Å². The van der Waals surface area contributed by atoms with E-state index < -0.39 is 0 Å². The van der Waals surface area contributed by atoms with Crippen LogP contribution in [0.4, 0.5) is 6.01 Å². The van der Waals surface area contributed by atoms with Crippen LogP contribution >= 0.6 is 11.6 Å². The molecule has 18 heavy (non-hydrogen) atoms. The molecule has 96 valence electrons.